The van der Waals surface area contributed by atoms with Gasteiger partial charge in [-0.25, -0.2) is 0 Å². The van der Waals surface area contributed by atoms with Gasteiger partial charge in [0.15, 0.2) is 5.78 Å². The smallest absolute Gasteiger partial charge is 0.223 e. The Kier molecular flexibility index (Phi) is 4.46. The van der Waals surface area contributed by atoms with Gasteiger partial charge in [0.25, 0.3) is 0 Å². The molecule has 0 aromatic heterocycles. The highest BCUT2D eigenvalue weighted by Gasteiger charge is 2.70. The molecule has 1 aromatic carbocycles. The number of nitrogens with one attached hydrogen (secondary N) is 1. The number of carbonyl (C=O) groups is 2. The Bertz CT molecular complexity index is 801. The zero-order valence-corrected chi connectivity index (χ0v) is 16.7. The predicted molar refractivity (Wildman–Crippen MR) is 106 cm³/mol. The molecular weight excluding hydrogens is 352 g/mol. The second kappa shape index (κ2) is 6.87. The minimum absolute atomic E-state index is 0.0231. The number of fused-ring (bicyclic) bond motifs is 3. The van der Waals surface area contributed by atoms with Crippen molar-refractivity contribution in [2.75, 3.05) is 26.2 Å². The van der Waals surface area contributed by atoms with Crippen LogP contribution in [0.4, 0.5) is 0 Å². The Morgan fingerprint density at radius 2 is 2.11 bits per heavy atom. The van der Waals surface area contributed by atoms with E-state index in [0.29, 0.717) is 23.7 Å². The monoisotopic (exact) mass is 382 g/mol. The van der Waals surface area contributed by atoms with Crippen molar-refractivity contribution in [1.29, 1.82) is 0 Å². The number of amides is 1. The van der Waals surface area contributed by atoms with Gasteiger partial charge in [0, 0.05) is 24.9 Å². The van der Waals surface area contributed by atoms with E-state index < -0.39 is 5.60 Å². The van der Waals surface area contributed by atoms with E-state index in [9.17, 15) is 9.59 Å². The first-order chi connectivity index (χ1) is 13.6. The maximum absolute atomic E-state index is 12.8. The highest BCUT2D eigenvalue weighted by Crippen LogP contribution is 2.65. The number of ether oxygens (including phenoxy) is 1. The van der Waals surface area contributed by atoms with Gasteiger partial charge in [0.05, 0.1) is 12.0 Å². The second-order valence-electron chi connectivity index (χ2n) is 9.21. The topological polar surface area (TPSA) is 58.6 Å². The standard InChI is InChI=1S/C23H30N2O3/c1-15-5-6-19-17(13-15)18(26)14-23(28-19)8-7-16-20(21(16)23)22(27)24-9-12-25-10-3-2-4-11-25/h5-6,13,16,20-21H,2-4,7-12,14H2,1H3,(H,24,27). The van der Waals surface area contributed by atoms with Gasteiger partial charge in [-0.15, -0.1) is 0 Å². The maximum atomic E-state index is 12.8. The van der Waals surface area contributed by atoms with E-state index in [1.165, 1.54) is 19.3 Å². The molecule has 4 unspecified atom stereocenters. The van der Waals surface area contributed by atoms with Gasteiger partial charge in [-0.1, -0.05) is 18.1 Å². The molecule has 1 amide bonds. The number of hydrogen-bond donors (Lipinski definition) is 1. The summed E-state index contributed by atoms with van der Waals surface area (Å²) in [5.41, 5.74) is 1.32. The first kappa shape index (κ1) is 18.2. The molecule has 1 saturated heterocycles. The summed E-state index contributed by atoms with van der Waals surface area (Å²) < 4.78 is 6.43. The Morgan fingerprint density at radius 3 is 2.93 bits per heavy atom. The third-order valence-corrected chi connectivity index (χ3v) is 7.36. The Balaban J connectivity index is 1.22. The van der Waals surface area contributed by atoms with Crippen LogP contribution in [0.15, 0.2) is 18.2 Å². The van der Waals surface area contributed by atoms with Gasteiger partial charge in [0.1, 0.15) is 11.4 Å². The molecule has 1 aromatic rings. The molecule has 28 heavy (non-hydrogen) atoms. The van der Waals surface area contributed by atoms with E-state index in [1.807, 2.05) is 25.1 Å². The number of likely N-dealkylation sites (tertiary alicyclic amines) is 1. The van der Waals surface area contributed by atoms with Crippen molar-refractivity contribution in [3.8, 4) is 5.75 Å². The first-order valence-corrected chi connectivity index (χ1v) is 10.9. The van der Waals surface area contributed by atoms with Crippen LogP contribution >= 0.6 is 0 Å². The van der Waals surface area contributed by atoms with Crippen molar-refractivity contribution >= 4 is 11.7 Å². The number of ketones is 1. The zero-order valence-electron chi connectivity index (χ0n) is 16.7. The maximum Gasteiger partial charge on any atom is 0.223 e. The highest BCUT2D eigenvalue weighted by molar-refractivity contribution is 6.01. The lowest BCUT2D eigenvalue weighted by Gasteiger charge is -2.37. The minimum Gasteiger partial charge on any atom is -0.486 e. The number of aryl methyl sites for hydroxylation is 1. The number of benzene rings is 1. The second-order valence-corrected chi connectivity index (χ2v) is 9.21. The van der Waals surface area contributed by atoms with Crippen molar-refractivity contribution in [1.82, 2.24) is 10.2 Å². The highest BCUT2D eigenvalue weighted by atomic mass is 16.5. The van der Waals surface area contributed by atoms with Crippen LogP contribution in [0.3, 0.4) is 0 Å². The number of nitrogens with zero attached hydrogens (tertiary/aromatic N) is 1. The number of hydrogen-bond acceptors (Lipinski definition) is 4. The van der Waals surface area contributed by atoms with E-state index in [2.05, 4.69) is 10.2 Å². The average Bonchev–Trinajstić information content (AvgIpc) is 3.34. The van der Waals surface area contributed by atoms with E-state index in [1.54, 1.807) is 0 Å². The van der Waals surface area contributed by atoms with Gasteiger partial charge in [-0.3, -0.25) is 9.59 Å². The van der Waals surface area contributed by atoms with Crippen LogP contribution < -0.4 is 10.1 Å². The lowest BCUT2D eigenvalue weighted by Crippen LogP contribution is -2.45. The molecule has 4 atom stereocenters. The molecule has 0 bridgehead atoms. The van der Waals surface area contributed by atoms with E-state index >= 15 is 0 Å². The van der Waals surface area contributed by atoms with Gasteiger partial charge < -0.3 is 15.0 Å². The van der Waals surface area contributed by atoms with Crippen LogP contribution in [-0.2, 0) is 4.79 Å². The summed E-state index contributed by atoms with van der Waals surface area (Å²) in [6.45, 7) is 5.98. The molecule has 0 radical (unpaired) electrons. The molecule has 3 fully saturated rings. The summed E-state index contributed by atoms with van der Waals surface area (Å²) in [6.07, 6.45) is 6.17. The number of carbonyl (C=O) groups excluding carboxylic acids is 2. The summed E-state index contributed by atoms with van der Waals surface area (Å²) in [5.74, 6) is 1.64. The van der Waals surface area contributed by atoms with Crippen molar-refractivity contribution in [3.63, 3.8) is 0 Å². The normalized spacial score (nSPS) is 33.9. The Morgan fingerprint density at radius 1 is 1.29 bits per heavy atom. The lowest BCUT2D eigenvalue weighted by atomic mass is 9.84. The molecule has 2 aliphatic heterocycles. The van der Waals surface area contributed by atoms with Gasteiger partial charge in [-0.2, -0.15) is 0 Å². The summed E-state index contributed by atoms with van der Waals surface area (Å²) in [7, 11) is 0. The fraction of sp³-hybridized carbons (Fsp3) is 0.652. The first-order valence-electron chi connectivity index (χ1n) is 10.9. The third-order valence-electron chi connectivity index (χ3n) is 7.36. The van der Waals surface area contributed by atoms with Crippen LogP contribution in [0.25, 0.3) is 0 Å². The fourth-order valence-corrected chi connectivity index (χ4v) is 5.92. The van der Waals surface area contributed by atoms with Crippen LogP contribution in [0, 0.1) is 24.7 Å². The van der Waals surface area contributed by atoms with Gasteiger partial charge >= 0.3 is 0 Å². The SMILES string of the molecule is Cc1ccc2c(c1)C(=O)CC1(CCC3C(C(=O)NCCN4CCCCC4)C31)O2. The Labute approximate surface area is 166 Å². The molecule has 5 heteroatoms. The van der Waals surface area contributed by atoms with Crippen LogP contribution in [-0.4, -0.2) is 48.4 Å². The molecule has 4 aliphatic rings. The van der Waals surface area contributed by atoms with Crippen molar-refractivity contribution in [3.05, 3.63) is 29.3 Å². The summed E-state index contributed by atoms with van der Waals surface area (Å²) in [5, 5.41) is 3.16. The molecular formula is C23H30N2O3. The van der Waals surface area contributed by atoms with Gasteiger partial charge in [-0.05, 0) is 63.7 Å². The fourth-order valence-electron chi connectivity index (χ4n) is 5.92. The molecule has 1 spiro atoms. The van der Waals surface area contributed by atoms with Gasteiger partial charge in [0.2, 0.25) is 5.91 Å². The third kappa shape index (κ3) is 3.04. The molecule has 2 saturated carbocycles. The van der Waals surface area contributed by atoms with Crippen LogP contribution in [0.5, 0.6) is 5.75 Å². The number of piperidine rings is 1. The lowest BCUT2D eigenvalue weighted by molar-refractivity contribution is -0.124. The summed E-state index contributed by atoms with van der Waals surface area (Å²) in [6, 6.07) is 5.84. The quantitative estimate of drug-likeness (QED) is 0.870. The van der Waals surface area contributed by atoms with E-state index in [4.69, 9.17) is 4.74 Å². The molecule has 2 aliphatic carbocycles. The molecule has 2 heterocycles. The molecule has 150 valence electrons. The summed E-state index contributed by atoms with van der Waals surface area (Å²) in [4.78, 5) is 28.0. The van der Waals surface area contributed by atoms with Crippen LogP contribution in [0.2, 0.25) is 0 Å². The van der Waals surface area contributed by atoms with Crippen molar-refractivity contribution in [2.24, 2.45) is 17.8 Å². The number of Topliss-reactive ketones (excluding diaryl/α,β-unsaturated/α-hetero) is 1. The molecule has 1 N–H and O–H groups in total. The van der Waals surface area contributed by atoms with E-state index in [-0.39, 0.29) is 23.5 Å². The largest absolute Gasteiger partial charge is 0.486 e. The van der Waals surface area contributed by atoms with E-state index in [0.717, 1.165) is 44.6 Å². The Hall–Kier alpha value is -1.88. The molecule has 5 nitrogen and oxygen atoms in total. The minimum atomic E-state index is -0.459. The average molecular weight is 383 g/mol. The number of rotatable bonds is 4. The molecule has 5 rings (SSSR count). The summed E-state index contributed by atoms with van der Waals surface area (Å²) >= 11 is 0. The van der Waals surface area contributed by atoms with Crippen molar-refractivity contribution < 1.29 is 14.3 Å². The predicted octanol–water partition coefficient (Wildman–Crippen LogP) is 2.96. The van der Waals surface area contributed by atoms with Crippen LogP contribution in [0.1, 0.15) is 54.4 Å². The zero-order chi connectivity index (χ0) is 19.3. The van der Waals surface area contributed by atoms with Crippen molar-refractivity contribution in [2.45, 2.75) is 51.0 Å².